The van der Waals surface area contributed by atoms with Crippen molar-refractivity contribution in [2.45, 2.75) is 26.2 Å². The van der Waals surface area contributed by atoms with E-state index in [-0.39, 0.29) is 23.7 Å². The molecule has 0 aliphatic heterocycles. The third-order valence-corrected chi connectivity index (χ3v) is 4.68. The molecule has 1 heterocycles. The molecule has 0 fully saturated rings. The van der Waals surface area contributed by atoms with Gasteiger partial charge in [0.25, 0.3) is 5.69 Å². The van der Waals surface area contributed by atoms with Crippen LogP contribution in [0.1, 0.15) is 30.9 Å². The van der Waals surface area contributed by atoms with E-state index in [1.807, 2.05) is 12.1 Å². The molecule has 0 radical (unpaired) electrons. The second kappa shape index (κ2) is 10.1. The minimum Gasteiger partial charge on any atom is -0.334 e. The Morgan fingerprint density at radius 3 is 2.15 bits per heavy atom. The van der Waals surface area contributed by atoms with E-state index in [4.69, 9.17) is 0 Å². The van der Waals surface area contributed by atoms with Gasteiger partial charge in [-0.2, -0.15) is 0 Å². The van der Waals surface area contributed by atoms with Crippen LogP contribution in [0.3, 0.4) is 0 Å². The van der Waals surface area contributed by atoms with Crippen LogP contribution in [-0.2, 0) is 11.2 Å². The first-order chi connectivity index (χ1) is 15.7. The highest BCUT2D eigenvalue weighted by Crippen LogP contribution is 2.31. The number of hydrazine groups is 1. The highest BCUT2D eigenvalue weighted by Gasteiger charge is 2.23. The molecule has 0 unspecified atom stereocenters. The number of hydrogen-bond acceptors (Lipinski definition) is 9. The Morgan fingerprint density at radius 1 is 0.939 bits per heavy atom. The Hall–Kier alpha value is -4.61. The summed E-state index contributed by atoms with van der Waals surface area (Å²) in [5.74, 6) is -0.416. The van der Waals surface area contributed by atoms with Crippen molar-refractivity contribution in [3.63, 3.8) is 0 Å². The summed E-state index contributed by atoms with van der Waals surface area (Å²) in [7, 11) is 0. The van der Waals surface area contributed by atoms with E-state index in [1.54, 1.807) is 12.1 Å². The van der Waals surface area contributed by atoms with Gasteiger partial charge >= 0.3 is 5.69 Å². The van der Waals surface area contributed by atoms with E-state index >= 15 is 0 Å². The van der Waals surface area contributed by atoms with Gasteiger partial charge in [0.15, 0.2) is 0 Å². The number of non-ortho nitro benzene ring substituents is 1. The van der Waals surface area contributed by atoms with Gasteiger partial charge in [-0.15, -0.1) is 0 Å². The highest BCUT2D eigenvalue weighted by atomic mass is 16.6. The lowest BCUT2D eigenvalue weighted by Gasteiger charge is -2.12. The molecule has 170 valence electrons. The van der Waals surface area contributed by atoms with Crippen LogP contribution in [-0.4, -0.2) is 25.7 Å². The normalized spacial score (nSPS) is 10.5. The number of nitrogens with one attached hydrogen (secondary N) is 3. The summed E-state index contributed by atoms with van der Waals surface area (Å²) in [4.78, 5) is 41.2. The monoisotopic (exact) mass is 451 g/mol. The molecule has 3 N–H and O–H groups in total. The predicted molar refractivity (Wildman–Crippen MR) is 121 cm³/mol. The molecular formula is C21H21N7O5. The van der Waals surface area contributed by atoms with Crippen molar-refractivity contribution in [1.29, 1.82) is 0 Å². The number of anilines is 3. The molecule has 2 aromatic carbocycles. The first-order valence-electron chi connectivity index (χ1n) is 9.89. The highest BCUT2D eigenvalue weighted by molar-refractivity contribution is 5.81. The lowest BCUT2D eigenvalue weighted by atomic mass is 10.0. The number of hydrogen-bond donors (Lipinski definition) is 3. The molecular weight excluding hydrogens is 430 g/mol. The SMILES string of the molecule is CC(C)c1ccc(Nc2ncnc(NNC(=O)Cc3ccc([N+](=O)[O-])cc3)c2[N+](=O)[O-])cc1. The number of nitro groups is 2. The van der Waals surface area contributed by atoms with Crippen molar-refractivity contribution in [3.05, 3.63) is 86.2 Å². The first-order valence-corrected chi connectivity index (χ1v) is 9.89. The molecule has 0 bridgehead atoms. The van der Waals surface area contributed by atoms with Crippen molar-refractivity contribution < 1.29 is 14.6 Å². The number of carbonyl (C=O) groups is 1. The summed E-state index contributed by atoms with van der Waals surface area (Å²) >= 11 is 0. The van der Waals surface area contributed by atoms with Crippen molar-refractivity contribution in [3.8, 4) is 0 Å². The van der Waals surface area contributed by atoms with Crippen molar-refractivity contribution in [1.82, 2.24) is 15.4 Å². The van der Waals surface area contributed by atoms with Crippen molar-refractivity contribution >= 4 is 34.6 Å². The fourth-order valence-electron chi connectivity index (χ4n) is 2.92. The van der Waals surface area contributed by atoms with Crippen LogP contribution in [0.2, 0.25) is 0 Å². The maximum absolute atomic E-state index is 12.2. The zero-order valence-electron chi connectivity index (χ0n) is 17.8. The number of aromatic nitrogens is 2. The molecule has 0 aliphatic carbocycles. The number of benzene rings is 2. The van der Waals surface area contributed by atoms with Crippen LogP contribution in [0.15, 0.2) is 54.9 Å². The van der Waals surface area contributed by atoms with E-state index in [2.05, 4.69) is 40.0 Å². The molecule has 0 spiro atoms. The second-order valence-corrected chi connectivity index (χ2v) is 7.35. The maximum Gasteiger partial charge on any atom is 0.355 e. The fourth-order valence-corrected chi connectivity index (χ4v) is 2.92. The molecule has 1 aromatic heterocycles. The maximum atomic E-state index is 12.2. The summed E-state index contributed by atoms with van der Waals surface area (Å²) in [6.07, 6.45) is 1.03. The summed E-state index contributed by atoms with van der Waals surface area (Å²) in [5, 5.41) is 25.3. The molecule has 3 aromatic rings. The average Bonchev–Trinajstić information content (AvgIpc) is 2.78. The van der Waals surface area contributed by atoms with Crippen LogP contribution in [0, 0.1) is 20.2 Å². The van der Waals surface area contributed by atoms with E-state index in [9.17, 15) is 25.0 Å². The number of carbonyl (C=O) groups excluding carboxylic acids is 1. The zero-order chi connectivity index (χ0) is 24.0. The molecule has 0 saturated heterocycles. The Morgan fingerprint density at radius 2 is 1.58 bits per heavy atom. The van der Waals surface area contributed by atoms with Gasteiger partial charge < -0.3 is 5.32 Å². The Balaban J connectivity index is 1.70. The number of nitrogens with zero attached hydrogens (tertiary/aromatic N) is 4. The topological polar surface area (TPSA) is 165 Å². The van der Waals surface area contributed by atoms with Gasteiger partial charge in [-0.3, -0.25) is 35.9 Å². The molecule has 1 amide bonds. The molecule has 33 heavy (non-hydrogen) atoms. The minimum absolute atomic E-state index is 0.0422. The lowest BCUT2D eigenvalue weighted by molar-refractivity contribution is -0.384. The van der Waals surface area contributed by atoms with Gasteiger partial charge in [0.2, 0.25) is 17.5 Å². The minimum atomic E-state index is -0.657. The standard InChI is InChI=1S/C21H21N7O5/c1-13(2)15-5-7-16(8-6-15)24-20-19(28(32)33)21(23-12-22-20)26-25-18(29)11-14-3-9-17(10-4-14)27(30)31/h3-10,12-13H,11H2,1-2H3,(H,25,29)(H2,22,23,24,26). The molecule has 0 aliphatic rings. The summed E-state index contributed by atoms with van der Waals surface area (Å²) in [6.45, 7) is 4.12. The van der Waals surface area contributed by atoms with Gasteiger partial charge in [-0.05, 0) is 29.2 Å². The summed E-state index contributed by atoms with van der Waals surface area (Å²) in [5.41, 5.74) is 6.52. The van der Waals surface area contributed by atoms with Crippen molar-refractivity contribution in [2.75, 3.05) is 10.7 Å². The first kappa shape index (κ1) is 23.1. The fraction of sp³-hybridized carbons (Fsp3) is 0.190. The molecule has 0 saturated carbocycles. The summed E-state index contributed by atoms with van der Waals surface area (Å²) < 4.78 is 0. The molecule has 12 heteroatoms. The van der Waals surface area contributed by atoms with E-state index in [0.29, 0.717) is 17.2 Å². The Labute approximate surface area is 188 Å². The third-order valence-electron chi connectivity index (χ3n) is 4.68. The second-order valence-electron chi connectivity index (χ2n) is 7.35. The van der Waals surface area contributed by atoms with Crippen LogP contribution in [0.25, 0.3) is 0 Å². The number of nitro benzene ring substituents is 1. The Kier molecular flexibility index (Phi) is 7.08. The summed E-state index contributed by atoms with van der Waals surface area (Å²) in [6, 6.07) is 12.9. The third kappa shape index (κ3) is 5.97. The smallest absolute Gasteiger partial charge is 0.334 e. The van der Waals surface area contributed by atoms with Gasteiger partial charge in [0, 0.05) is 17.8 Å². The van der Waals surface area contributed by atoms with Gasteiger partial charge in [-0.1, -0.05) is 38.1 Å². The lowest BCUT2D eigenvalue weighted by Crippen LogP contribution is -2.31. The number of amides is 1. The van der Waals surface area contributed by atoms with Crippen LogP contribution >= 0.6 is 0 Å². The van der Waals surface area contributed by atoms with E-state index < -0.39 is 21.4 Å². The largest absolute Gasteiger partial charge is 0.355 e. The van der Waals surface area contributed by atoms with Gasteiger partial charge in [0.1, 0.15) is 6.33 Å². The quantitative estimate of drug-likeness (QED) is 0.323. The van der Waals surface area contributed by atoms with Crippen LogP contribution < -0.4 is 16.2 Å². The number of rotatable bonds is 9. The molecule has 12 nitrogen and oxygen atoms in total. The van der Waals surface area contributed by atoms with Gasteiger partial charge in [0.05, 0.1) is 16.3 Å². The molecule has 0 atom stereocenters. The van der Waals surface area contributed by atoms with Crippen molar-refractivity contribution in [2.24, 2.45) is 0 Å². The predicted octanol–water partition coefficient (Wildman–Crippen LogP) is 3.85. The van der Waals surface area contributed by atoms with E-state index in [0.717, 1.165) is 11.9 Å². The van der Waals surface area contributed by atoms with Crippen LogP contribution in [0.5, 0.6) is 0 Å². The van der Waals surface area contributed by atoms with E-state index in [1.165, 1.54) is 24.3 Å². The average molecular weight is 451 g/mol. The Bertz CT molecular complexity index is 1160. The van der Waals surface area contributed by atoms with Gasteiger partial charge in [-0.25, -0.2) is 9.97 Å². The van der Waals surface area contributed by atoms with Crippen LogP contribution in [0.4, 0.5) is 28.7 Å². The zero-order valence-corrected chi connectivity index (χ0v) is 17.8. The molecule has 3 rings (SSSR count).